The van der Waals surface area contributed by atoms with Gasteiger partial charge in [0.1, 0.15) is 29.6 Å². The SMILES string of the molecule is O=C(c1c[nH]c2ncnc(NC3CCNC3)c12)N1CC(Oc2ccccc2)C1. The number of fused-ring (bicyclic) bond motifs is 1. The summed E-state index contributed by atoms with van der Waals surface area (Å²) < 4.78 is 5.90. The maximum absolute atomic E-state index is 13.0. The summed E-state index contributed by atoms with van der Waals surface area (Å²) in [6, 6.07) is 10.0. The lowest BCUT2D eigenvalue weighted by Crippen LogP contribution is -2.56. The van der Waals surface area contributed by atoms with Gasteiger partial charge in [-0.05, 0) is 25.1 Å². The van der Waals surface area contributed by atoms with Gasteiger partial charge in [-0.15, -0.1) is 0 Å². The normalized spacial score (nSPS) is 19.6. The summed E-state index contributed by atoms with van der Waals surface area (Å²) >= 11 is 0. The highest BCUT2D eigenvalue weighted by Gasteiger charge is 2.34. The molecule has 0 bridgehead atoms. The van der Waals surface area contributed by atoms with E-state index in [1.165, 1.54) is 6.33 Å². The Morgan fingerprint density at radius 1 is 1.21 bits per heavy atom. The molecular weight excluding hydrogens is 356 g/mol. The zero-order chi connectivity index (χ0) is 18.9. The van der Waals surface area contributed by atoms with E-state index in [1.54, 1.807) is 11.1 Å². The number of hydrogen-bond acceptors (Lipinski definition) is 6. The molecule has 1 atom stereocenters. The first-order valence-corrected chi connectivity index (χ1v) is 9.58. The van der Waals surface area contributed by atoms with Crippen LogP contribution in [-0.4, -0.2) is 64.1 Å². The molecule has 0 aliphatic carbocycles. The number of hydrogen-bond donors (Lipinski definition) is 3. The zero-order valence-electron chi connectivity index (χ0n) is 15.4. The number of nitrogens with zero attached hydrogens (tertiary/aromatic N) is 3. The van der Waals surface area contributed by atoms with Crippen molar-refractivity contribution in [1.82, 2.24) is 25.2 Å². The fourth-order valence-electron chi connectivity index (χ4n) is 3.75. The van der Waals surface area contributed by atoms with Gasteiger partial charge in [-0.3, -0.25) is 4.79 Å². The highest BCUT2D eigenvalue weighted by molar-refractivity contribution is 6.09. The first-order chi connectivity index (χ1) is 13.8. The van der Waals surface area contributed by atoms with Gasteiger partial charge in [0.05, 0.1) is 24.0 Å². The molecule has 1 unspecified atom stereocenters. The van der Waals surface area contributed by atoms with Crippen LogP contribution in [0.3, 0.4) is 0 Å². The predicted octanol–water partition coefficient (Wildman–Crippen LogP) is 1.64. The lowest BCUT2D eigenvalue weighted by atomic mass is 10.1. The topological polar surface area (TPSA) is 95.2 Å². The van der Waals surface area contributed by atoms with Crippen LogP contribution < -0.4 is 15.4 Å². The van der Waals surface area contributed by atoms with Gasteiger partial charge < -0.3 is 25.3 Å². The van der Waals surface area contributed by atoms with Gasteiger partial charge in [-0.2, -0.15) is 0 Å². The fourth-order valence-corrected chi connectivity index (χ4v) is 3.75. The van der Waals surface area contributed by atoms with E-state index in [0.717, 1.165) is 30.6 Å². The number of aromatic nitrogens is 3. The molecule has 3 N–H and O–H groups in total. The summed E-state index contributed by atoms with van der Waals surface area (Å²) in [6.45, 7) is 3.03. The van der Waals surface area contributed by atoms with Gasteiger partial charge >= 0.3 is 0 Å². The second-order valence-electron chi connectivity index (χ2n) is 7.25. The molecule has 8 heteroatoms. The van der Waals surface area contributed by atoms with Crippen LogP contribution in [0.5, 0.6) is 5.75 Å². The van der Waals surface area contributed by atoms with Crippen LogP contribution in [0.1, 0.15) is 16.8 Å². The Hall–Kier alpha value is -3.13. The third-order valence-corrected chi connectivity index (χ3v) is 5.28. The highest BCUT2D eigenvalue weighted by Crippen LogP contribution is 2.27. The maximum Gasteiger partial charge on any atom is 0.256 e. The first kappa shape index (κ1) is 17.0. The number of carbonyl (C=O) groups is 1. The fraction of sp³-hybridized carbons (Fsp3) is 0.350. The molecule has 2 aliphatic rings. The molecule has 3 aromatic rings. The van der Waals surface area contributed by atoms with Crippen LogP contribution in [-0.2, 0) is 0 Å². The molecule has 1 amide bonds. The number of para-hydroxylation sites is 1. The number of carbonyl (C=O) groups excluding carboxylic acids is 1. The van der Waals surface area contributed by atoms with Gasteiger partial charge in [-0.25, -0.2) is 9.97 Å². The summed E-state index contributed by atoms with van der Waals surface area (Å²) in [6.07, 6.45) is 4.30. The second kappa shape index (κ2) is 7.12. The number of benzene rings is 1. The van der Waals surface area contributed by atoms with Crippen LogP contribution in [0.25, 0.3) is 11.0 Å². The Morgan fingerprint density at radius 2 is 2.07 bits per heavy atom. The van der Waals surface area contributed by atoms with Gasteiger partial charge in [-0.1, -0.05) is 18.2 Å². The molecular formula is C20H22N6O2. The van der Waals surface area contributed by atoms with Crippen LogP contribution in [0.15, 0.2) is 42.9 Å². The average molecular weight is 378 g/mol. The first-order valence-electron chi connectivity index (χ1n) is 9.58. The van der Waals surface area contributed by atoms with Crippen molar-refractivity contribution in [3.63, 3.8) is 0 Å². The van der Waals surface area contributed by atoms with E-state index in [4.69, 9.17) is 4.74 Å². The minimum Gasteiger partial charge on any atom is -0.487 e. The highest BCUT2D eigenvalue weighted by atomic mass is 16.5. The monoisotopic (exact) mass is 378 g/mol. The van der Waals surface area contributed by atoms with E-state index in [-0.39, 0.29) is 12.0 Å². The standard InChI is InChI=1S/C20H22N6O2/c27-20(26-10-15(11-26)28-14-4-2-1-3-5-14)16-9-22-18-17(16)19(24-12-23-18)25-13-6-7-21-8-13/h1-5,9,12-13,15,21H,6-8,10-11H2,(H2,22,23,24,25). The molecule has 5 rings (SSSR count). The number of aromatic amines is 1. The Labute approximate surface area is 162 Å². The maximum atomic E-state index is 13.0. The summed E-state index contributed by atoms with van der Waals surface area (Å²) in [5, 5.41) is 7.54. The summed E-state index contributed by atoms with van der Waals surface area (Å²) in [5.74, 6) is 1.51. The van der Waals surface area contributed by atoms with Crippen molar-refractivity contribution < 1.29 is 9.53 Å². The lowest BCUT2D eigenvalue weighted by molar-refractivity contribution is 0.0179. The van der Waals surface area contributed by atoms with Crippen molar-refractivity contribution in [3.05, 3.63) is 48.4 Å². The largest absolute Gasteiger partial charge is 0.487 e. The van der Waals surface area contributed by atoms with Crippen molar-refractivity contribution >= 4 is 22.8 Å². The number of likely N-dealkylation sites (tertiary alicyclic amines) is 1. The third-order valence-electron chi connectivity index (χ3n) is 5.28. The van der Waals surface area contributed by atoms with Gasteiger partial charge in [0.15, 0.2) is 0 Å². The van der Waals surface area contributed by atoms with Crippen LogP contribution in [0.4, 0.5) is 5.82 Å². The van der Waals surface area contributed by atoms with E-state index in [2.05, 4.69) is 25.6 Å². The Bertz CT molecular complexity index is 977. The minimum absolute atomic E-state index is 0.0231. The van der Waals surface area contributed by atoms with E-state index in [9.17, 15) is 4.79 Å². The van der Waals surface area contributed by atoms with E-state index < -0.39 is 0 Å². The van der Waals surface area contributed by atoms with Crippen LogP contribution in [0.2, 0.25) is 0 Å². The molecule has 2 aliphatic heterocycles. The third kappa shape index (κ3) is 3.16. The molecule has 8 nitrogen and oxygen atoms in total. The van der Waals surface area contributed by atoms with Crippen molar-refractivity contribution in [2.75, 3.05) is 31.5 Å². The van der Waals surface area contributed by atoms with Crippen molar-refractivity contribution in [2.45, 2.75) is 18.6 Å². The number of ether oxygens (including phenoxy) is 1. The number of rotatable bonds is 5. The van der Waals surface area contributed by atoms with Crippen LogP contribution in [0, 0.1) is 0 Å². The summed E-state index contributed by atoms with van der Waals surface area (Å²) in [5.41, 5.74) is 1.27. The number of amides is 1. The van der Waals surface area contributed by atoms with Crippen LogP contribution >= 0.6 is 0 Å². The Kier molecular flexibility index (Phi) is 4.32. The van der Waals surface area contributed by atoms with Crippen molar-refractivity contribution in [3.8, 4) is 5.75 Å². The molecule has 0 spiro atoms. The molecule has 144 valence electrons. The van der Waals surface area contributed by atoms with Crippen molar-refractivity contribution in [1.29, 1.82) is 0 Å². The molecule has 2 saturated heterocycles. The molecule has 0 saturated carbocycles. The second-order valence-corrected chi connectivity index (χ2v) is 7.25. The quantitative estimate of drug-likeness (QED) is 0.625. The molecule has 4 heterocycles. The number of nitrogens with one attached hydrogen (secondary N) is 3. The predicted molar refractivity (Wildman–Crippen MR) is 106 cm³/mol. The Morgan fingerprint density at radius 3 is 2.86 bits per heavy atom. The van der Waals surface area contributed by atoms with Crippen molar-refractivity contribution in [2.24, 2.45) is 0 Å². The average Bonchev–Trinajstić information content (AvgIpc) is 3.35. The van der Waals surface area contributed by atoms with E-state index in [0.29, 0.717) is 36.2 Å². The van der Waals surface area contributed by atoms with Gasteiger partial charge in [0.25, 0.3) is 5.91 Å². The van der Waals surface area contributed by atoms with Gasteiger partial charge in [0, 0.05) is 18.8 Å². The zero-order valence-corrected chi connectivity index (χ0v) is 15.4. The molecule has 0 radical (unpaired) electrons. The van der Waals surface area contributed by atoms with Gasteiger partial charge in [0.2, 0.25) is 0 Å². The molecule has 2 fully saturated rings. The molecule has 28 heavy (non-hydrogen) atoms. The summed E-state index contributed by atoms with van der Waals surface area (Å²) in [4.78, 5) is 26.6. The smallest absolute Gasteiger partial charge is 0.256 e. The summed E-state index contributed by atoms with van der Waals surface area (Å²) in [7, 11) is 0. The molecule has 2 aromatic heterocycles. The minimum atomic E-state index is -0.0263. The Balaban J connectivity index is 1.31. The number of anilines is 1. The van der Waals surface area contributed by atoms with E-state index >= 15 is 0 Å². The number of H-pyrrole nitrogens is 1. The lowest BCUT2D eigenvalue weighted by Gasteiger charge is -2.38. The van der Waals surface area contributed by atoms with E-state index in [1.807, 2.05) is 30.3 Å². The molecule has 1 aromatic carbocycles.